The average molecular weight is 380 g/mol. The van der Waals surface area contributed by atoms with Crippen LogP contribution in [0, 0.1) is 0 Å². The number of rotatable bonds is 4. The molecule has 0 saturated heterocycles. The number of carbonyl (C=O) groups excluding carboxylic acids is 1. The molecule has 1 N–H and O–H groups in total. The maximum Gasteiger partial charge on any atom is 0.446 e. The minimum atomic E-state index is -4.36. The second-order valence-electron chi connectivity index (χ2n) is 5.85. The molecule has 0 aliphatic rings. The smallest absolute Gasteiger partial charge is 0.321 e. The number of amides is 1. The molecule has 0 bridgehead atoms. The number of hydrogen-bond acceptors (Lipinski definition) is 4. The van der Waals surface area contributed by atoms with E-state index in [2.05, 4.69) is 15.4 Å². The molecule has 2 aromatic heterocycles. The molecule has 3 rings (SSSR count). The topological polar surface area (TPSA) is 59.8 Å². The van der Waals surface area contributed by atoms with Crippen LogP contribution < -0.4 is 5.32 Å². The minimum Gasteiger partial charge on any atom is -0.321 e. The van der Waals surface area contributed by atoms with Crippen LogP contribution in [0.3, 0.4) is 0 Å². The Kier molecular flexibility index (Phi) is 4.90. The molecule has 1 aromatic carbocycles. The number of thioether (sulfide) groups is 1. The van der Waals surface area contributed by atoms with Crippen LogP contribution in [0.4, 0.5) is 18.9 Å². The van der Waals surface area contributed by atoms with Crippen molar-refractivity contribution < 1.29 is 18.0 Å². The van der Waals surface area contributed by atoms with Gasteiger partial charge >= 0.3 is 5.51 Å². The quantitative estimate of drug-likeness (QED) is 0.656. The fraction of sp³-hybridized carbons (Fsp3) is 0.235. The van der Waals surface area contributed by atoms with Gasteiger partial charge in [0, 0.05) is 21.9 Å². The maximum absolute atomic E-state index is 12.3. The highest BCUT2D eigenvalue weighted by atomic mass is 32.2. The molecule has 0 spiro atoms. The standard InChI is InChI=1S/C17H15F3N4OS/c1-10(2)24-15-12(8-22-24)7-13(9-21-15)23-16(25)11-3-5-14(6-4-11)26-17(18,19)20/h3-10H,1-2H3,(H,23,25). The van der Waals surface area contributed by atoms with Gasteiger partial charge in [0.15, 0.2) is 5.65 Å². The first kappa shape index (κ1) is 18.2. The van der Waals surface area contributed by atoms with Crippen molar-refractivity contribution in [2.24, 2.45) is 0 Å². The Bertz CT molecular complexity index is 935. The summed E-state index contributed by atoms with van der Waals surface area (Å²) in [6.45, 7) is 3.98. The normalized spacial score (nSPS) is 11.9. The van der Waals surface area contributed by atoms with E-state index in [9.17, 15) is 18.0 Å². The van der Waals surface area contributed by atoms with Gasteiger partial charge in [0.1, 0.15) is 0 Å². The van der Waals surface area contributed by atoms with Crippen LogP contribution in [-0.4, -0.2) is 26.2 Å². The summed E-state index contributed by atoms with van der Waals surface area (Å²) in [6, 6.07) is 7.15. The van der Waals surface area contributed by atoms with Crippen molar-refractivity contribution in [3.05, 3.63) is 48.3 Å². The number of carbonyl (C=O) groups is 1. The summed E-state index contributed by atoms with van der Waals surface area (Å²) in [5.41, 5.74) is -2.90. The molecule has 0 saturated carbocycles. The molecule has 0 aliphatic carbocycles. The second kappa shape index (κ2) is 6.99. The molecule has 3 aromatic rings. The molecule has 5 nitrogen and oxygen atoms in total. The van der Waals surface area contributed by atoms with Gasteiger partial charge in [-0.1, -0.05) is 0 Å². The van der Waals surface area contributed by atoms with Crippen molar-refractivity contribution in [2.75, 3.05) is 5.32 Å². The highest BCUT2D eigenvalue weighted by molar-refractivity contribution is 8.00. The molecule has 0 unspecified atom stereocenters. The van der Waals surface area contributed by atoms with Crippen molar-refractivity contribution >= 4 is 34.4 Å². The number of aromatic nitrogens is 3. The first-order valence-electron chi connectivity index (χ1n) is 7.73. The van der Waals surface area contributed by atoms with E-state index in [0.717, 1.165) is 5.39 Å². The van der Waals surface area contributed by atoms with E-state index >= 15 is 0 Å². The van der Waals surface area contributed by atoms with Crippen molar-refractivity contribution in [1.29, 1.82) is 0 Å². The lowest BCUT2D eigenvalue weighted by Crippen LogP contribution is -2.12. The molecule has 9 heteroatoms. The largest absolute Gasteiger partial charge is 0.446 e. The highest BCUT2D eigenvalue weighted by Crippen LogP contribution is 2.36. The number of halogens is 3. The van der Waals surface area contributed by atoms with Crippen molar-refractivity contribution in [3.8, 4) is 0 Å². The first-order valence-corrected chi connectivity index (χ1v) is 8.55. The Morgan fingerprint density at radius 3 is 2.50 bits per heavy atom. The van der Waals surface area contributed by atoms with Crippen molar-refractivity contribution in [2.45, 2.75) is 30.3 Å². The van der Waals surface area contributed by atoms with Crippen molar-refractivity contribution in [1.82, 2.24) is 14.8 Å². The Morgan fingerprint density at radius 1 is 1.19 bits per heavy atom. The number of nitrogens with zero attached hydrogens (tertiary/aromatic N) is 3. The third-order valence-electron chi connectivity index (χ3n) is 3.53. The molecule has 0 fully saturated rings. The summed E-state index contributed by atoms with van der Waals surface area (Å²) in [6.07, 6.45) is 3.19. The summed E-state index contributed by atoms with van der Waals surface area (Å²) in [5, 5.41) is 7.73. The van der Waals surface area contributed by atoms with Crippen LogP contribution in [0.25, 0.3) is 11.0 Å². The monoisotopic (exact) mass is 380 g/mol. The fourth-order valence-corrected chi connectivity index (χ4v) is 2.94. The maximum atomic E-state index is 12.3. The molecule has 2 heterocycles. The number of fused-ring (bicyclic) bond motifs is 1. The lowest BCUT2D eigenvalue weighted by Gasteiger charge is -2.08. The fourth-order valence-electron chi connectivity index (χ4n) is 2.40. The number of hydrogen-bond donors (Lipinski definition) is 1. The number of benzene rings is 1. The van der Waals surface area contributed by atoms with E-state index in [1.807, 2.05) is 13.8 Å². The SMILES string of the molecule is CC(C)n1ncc2cc(NC(=O)c3ccc(SC(F)(F)F)cc3)cnc21. The van der Waals surface area contributed by atoms with E-state index in [1.165, 1.54) is 30.5 Å². The third-order valence-corrected chi connectivity index (χ3v) is 4.27. The van der Waals surface area contributed by atoms with E-state index in [-0.39, 0.29) is 28.3 Å². The molecular formula is C17H15F3N4OS. The first-order chi connectivity index (χ1) is 12.2. The van der Waals surface area contributed by atoms with Gasteiger partial charge in [-0.05, 0) is 55.9 Å². The predicted molar refractivity (Wildman–Crippen MR) is 94.2 cm³/mol. The van der Waals surface area contributed by atoms with Gasteiger partial charge in [-0.25, -0.2) is 9.67 Å². The zero-order valence-electron chi connectivity index (χ0n) is 13.9. The van der Waals surface area contributed by atoms with E-state index < -0.39 is 11.4 Å². The van der Waals surface area contributed by atoms with Gasteiger partial charge < -0.3 is 5.32 Å². The van der Waals surface area contributed by atoms with Gasteiger partial charge in [-0.15, -0.1) is 0 Å². The van der Waals surface area contributed by atoms with Crippen LogP contribution in [0.5, 0.6) is 0 Å². The van der Waals surface area contributed by atoms with E-state index in [4.69, 9.17) is 0 Å². The third kappa shape index (κ3) is 4.16. The molecule has 0 radical (unpaired) electrons. The summed E-state index contributed by atoms with van der Waals surface area (Å²) >= 11 is -0.220. The van der Waals surface area contributed by atoms with Crippen LogP contribution in [0.1, 0.15) is 30.2 Å². The Hall–Kier alpha value is -2.55. The zero-order chi connectivity index (χ0) is 18.9. The molecule has 0 aliphatic heterocycles. The number of nitrogens with one attached hydrogen (secondary N) is 1. The number of alkyl halides is 3. The Morgan fingerprint density at radius 2 is 1.88 bits per heavy atom. The summed E-state index contributed by atoms with van der Waals surface area (Å²) in [5.74, 6) is -0.425. The summed E-state index contributed by atoms with van der Waals surface area (Å²) in [7, 11) is 0. The second-order valence-corrected chi connectivity index (χ2v) is 6.98. The van der Waals surface area contributed by atoms with Gasteiger partial charge in [-0.2, -0.15) is 18.3 Å². The predicted octanol–water partition coefficient (Wildman–Crippen LogP) is 4.88. The molecule has 136 valence electrons. The molecule has 1 amide bonds. The minimum absolute atomic E-state index is 0.0261. The Labute approximate surface area is 151 Å². The van der Waals surface area contributed by atoms with Crippen molar-refractivity contribution in [3.63, 3.8) is 0 Å². The molecule has 0 atom stereocenters. The van der Waals surface area contributed by atoms with E-state index in [0.29, 0.717) is 11.3 Å². The van der Waals surface area contributed by atoms with E-state index in [1.54, 1.807) is 16.9 Å². The van der Waals surface area contributed by atoms with Crippen LogP contribution in [0.15, 0.2) is 47.6 Å². The highest BCUT2D eigenvalue weighted by Gasteiger charge is 2.29. The lowest BCUT2D eigenvalue weighted by atomic mass is 10.2. The van der Waals surface area contributed by atoms with Crippen LogP contribution >= 0.6 is 11.8 Å². The van der Waals surface area contributed by atoms with Gasteiger partial charge in [0.05, 0.1) is 18.1 Å². The van der Waals surface area contributed by atoms with Gasteiger partial charge in [0.2, 0.25) is 0 Å². The van der Waals surface area contributed by atoms with Crippen LogP contribution in [-0.2, 0) is 0 Å². The van der Waals surface area contributed by atoms with Gasteiger partial charge in [0.25, 0.3) is 5.91 Å². The van der Waals surface area contributed by atoms with Crippen LogP contribution in [0.2, 0.25) is 0 Å². The molecule has 26 heavy (non-hydrogen) atoms. The Balaban J connectivity index is 1.74. The zero-order valence-corrected chi connectivity index (χ0v) is 14.7. The number of pyridine rings is 1. The van der Waals surface area contributed by atoms with Gasteiger partial charge in [-0.3, -0.25) is 4.79 Å². The molecular weight excluding hydrogens is 365 g/mol. The average Bonchev–Trinajstić information content (AvgIpc) is 2.97. The summed E-state index contributed by atoms with van der Waals surface area (Å²) in [4.78, 5) is 16.6. The summed E-state index contributed by atoms with van der Waals surface area (Å²) < 4.78 is 38.8. The lowest BCUT2D eigenvalue weighted by molar-refractivity contribution is -0.0328. The number of anilines is 1.